The summed E-state index contributed by atoms with van der Waals surface area (Å²) in [5.74, 6) is -1.01. The van der Waals surface area contributed by atoms with Gasteiger partial charge in [0, 0.05) is 5.69 Å². The second-order valence-corrected chi connectivity index (χ2v) is 7.44. The van der Waals surface area contributed by atoms with E-state index in [1.54, 1.807) is 12.1 Å². The maximum Gasteiger partial charge on any atom is 0.310 e. The van der Waals surface area contributed by atoms with E-state index in [1.165, 1.54) is 7.11 Å². The number of aryl methyl sites for hydroxylation is 2. The molecule has 6 heteroatoms. The van der Waals surface area contributed by atoms with E-state index >= 15 is 0 Å². The highest BCUT2D eigenvalue weighted by Crippen LogP contribution is 2.33. The van der Waals surface area contributed by atoms with Gasteiger partial charge >= 0.3 is 5.97 Å². The van der Waals surface area contributed by atoms with E-state index in [0.717, 1.165) is 17.5 Å². The molecular formula is C15H21NO4S. The van der Waals surface area contributed by atoms with E-state index < -0.39 is 27.2 Å². The van der Waals surface area contributed by atoms with Crippen LogP contribution in [0.1, 0.15) is 30.4 Å². The van der Waals surface area contributed by atoms with Crippen LogP contribution in [-0.2, 0) is 19.6 Å². The van der Waals surface area contributed by atoms with E-state index in [9.17, 15) is 13.2 Å². The Kier molecular flexibility index (Phi) is 4.56. The van der Waals surface area contributed by atoms with Crippen LogP contribution >= 0.6 is 0 Å². The summed E-state index contributed by atoms with van der Waals surface area (Å²) < 4.78 is 32.3. The zero-order chi connectivity index (χ0) is 15.6. The summed E-state index contributed by atoms with van der Waals surface area (Å²) in [5, 5.41) is -0.716. The SMILES string of the molecule is COC(=O)C1CCCC1S(=O)(=O)Nc1ccc(C)c(C)c1. The number of anilines is 1. The van der Waals surface area contributed by atoms with Gasteiger partial charge in [-0.15, -0.1) is 0 Å². The van der Waals surface area contributed by atoms with Gasteiger partial charge in [-0.2, -0.15) is 0 Å². The predicted octanol–water partition coefficient (Wildman–Crippen LogP) is 2.39. The lowest BCUT2D eigenvalue weighted by atomic mass is 10.1. The number of carbonyl (C=O) groups excluding carboxylic acids is 1. The van der Waals surface area contributed by atoms with E-state index in [4.69, 9.17) is 4.74 Å². The quantitative estimate of drug-likeness (QED) is 0.867. The fourth-order valence-electron chi connectivity index (χ4n) is 2.76. The van der Waals surface area contributed by atoms with Crippen LogP contribution in [0.2, 0.25) is 0 Å². The molecule has 2 atom stereocenters. The molecule has 1 aliphatic rings. The number of carbonyl (C=O) groups is 1. The molecule has 21 heavy (non-hydrogen) atoms. The Morgan fingerprint density at radius 2 is 1.95 bits per heavy atom. The topological polar surface area (TPSA) is 72.5 Å². The van der Waals surface area contributed by atoms with Crippen LogP contribution in [0.15, 0.2) is 18.2 Å². The van der Waals surface area contributed by atoms with Crippen molar-refractivity contribution in [2.45, 2.75) is 38.4 Å². The van der Waals surface area contributed by atoms with Crippen molar-refractivity contribution >= 4 is 21.7 Å². The first-order valence-electron chi connectivity index (χ1n) is 7.02. The van der Waals surface area contributed by atoms with Gasteiger partial charge in [-0.1, -0.05) is 12.5 Å². The first-order valence-corrected chi connectivity index (χ1v) is 8.56. The molecule has 1 saturated carbocycles. The van der Waals surface area contributed by atoms with Crippen molar-refractivity contribution in [1.82, 2.24) is 0 Å². The van der Waals surface area contributed by atoms with Crippen LogP contribution in [0.4, 0.5) is 5.69 Å². The Labute approximate surface area is 125 Å². The molecule has 5 nitrogen and oxygen atoms in total. The molecule has 0 aromatic heterocycles. The number of hydrogen-bond donors (Lipinski definition) is 1. The first kappa shape index (κ1) is 15.8. The number of rotatable bonds is 4. The number of hydrogen-bond acceptors (Lipinski definition) is 4. The number of esters is 1. The molecule has 1 aliphatic carbocycles. The fourth-order valence-corrected chi connectivity index (χ4v) is 4.53. The second kappa shape index (κ2) is 6.05. The third kappa shape index (κ3) is 3.37. The molecule has 2 rings (SSSR count). The highest BCUT2D eigenvalue weighted by molar-refractivity contribution is 7.93. The molecule has 1 N–H and O–H groups in total. The Bertz CT molecular complexity index is 639. The highest BCUT2D eigenvalue weighted by atomic mass is 32.2. The normalized spacial score (nSPS) is 22.0. The zero-order valence-electron chi connectivity index (χ0n) is 12.5. The lowest BCUT2D eigenvalue weighted by molar-refractivity contribution is -0.145. The lowest BCUT2D eigenvalue weighted by Gasteiger charge is -2.19. The van der Waals surface area contributed by atoms with Gasteiger partial charge in [-0.3, -0.25) is 9.52 Å². The minimum Gasteiger partial charge on any atom is -0.469 e. The predicted molar refractivity (Wildman–Crippen MR) is 81.6 cm³/mol. The van der Waals surface area contributed by atoms with Gasteiger partial charge < -0.3 is 4.74 Å². The highest BCUT2D eigenvalue weighted by Gasteiger charge is 2.42. The van der Waals surface area contributed by atoms with Crippen molar-refractivity contribution in [3.8, 4) is 0 Å². The summed E-state index contributed by atoms with van der Waals surface area (Å²) in [6.45, 7) is 3.90. The van der Waals surface area contributed by atoms with Crippen molar-refractivity contribution in [2.75, 3.05) is 11.8 Å². The molecule has 0 radical (unpaired) electrons. The molecule has 1 aromatic rings. The Morgan fingerprint density at radius 3 is 2.57 bits per heavy atom. The number of nitrogens with one attached hydrogen (secondary N) is 1. The minimum absolute atomic E-state index is 0.442. The standard InChI is InChI=1S/C15H21NO4S/c1-10-7-8-12(9-11(10)2)16-21(18,19)14-6-4-5-13(14)15(17)20-3/h7-9,13-14,16H,4-6H2,1-3H3. The van der Waals surface area contributed by atoms with Crippen molar-refractivity contribution < 1.29 is 17.9 Å². The number of benzene rings is 1. The summed E-state index contributed by atoms with van der Waals surface area (Å²) in [7, 11) is -2.31. The van der Waals surface area contributed by atoms with Gasteiger partial charge in [-0.25, -0.2) is 8.42 Å². The molecule has 2 unspecified atom stereocenters. The maximum absolute atomic E-state index is 12.5. The Morgan fingerprint density at radius 1 is 1.24 bits per heavy atom. The minimum atomic E-state index is -3.60. The van der Waals surface area contributed by atoms with Crippen molar-refractivity contribution in [3.05, 3.63) is 29.3 Å². The largest absolute Gasteiger partial charge is 0.469 e. The van der Waals surface area contributed by atoms with Crippen LogP contribution in [0.5, 0.6) is 0 Å². The molecule has 1 fully saturated rings. The summed E-state index contributed by atoms with van der Waals surface area (Å²) in [6, 6.07) is 5.41. The molecule has 1 aromatic carbocycles. The first-order chi connectivity index (χ1) is 9.85. The molecule has 0 bridgehead atoms. The van der Waals surface area contributed by atoms with Crippen molar-refractivity contribution in [2.24, 2.45) is 5.92 Å². The van der Waals surface area contributed by atoms with Gasteiger partial charge in [0.15, 0.2) is 0 Å². The average Bonchev–Trinajstić information content (AvgIpc) is 2.92. The summed E-state index contributed by atoms with van der Waals surface area (Å²) in [4.78, 5) is 11.7. The zero-order valence-corrected chi connectivity index (χ0v) is 13.4. The molecule has 0 heterocycles. The molecule has 0 amide bonds. The maximum atomic E-state index is 12.5. The number of methoxy groups -OCH3 is 1. The smallest absolute Gasteiger partial charge is 0.310 e. The summed E-state index contributed by atoms with van der Waals surface area (Å²) in [6.07, 6.45) is 1.77. The van der Waals surface area contributed by atoms with Gasteiger partial charge in [-0.05, 0) is 49.9 Å². The van der Waals surface area contributed by atoms with Crippen LogP contribution < -0.4 is 4.72 Å². The number of ether oxygens (including phenoxy) is 1. The van der Waals surface area contributed by atoms with Crippen LogP contribution in [0, 0.1) is 19.8 Å². The summed E-state index contributed by atoms with van der Waals surface area (Å²) in [5.41, 5.74) is 2.66. The van der Waals surface area contributed by atoms with Crippen LogP contribution in [-0.4, -0.2) is 26.7 Å². The Balaban J connectivity index is 2.21. The van der Waals surface area contributed by atoms with Crippen LogP contribution in [0.3, 0.4) is 0 Å². The third-order valence-corrected chi connectivity index (χ3v) is 6.00. The van der Waals surface area contributed by atoms with Crippen molar-refractivity contribution in [3.63, 3.8) is 0 Å². The fraction of sp³-hybridized carbons (Fsp3) is 0.533. The third-order valence-electron chi connectivity index (χ3n) is 4.12. The lowest BCUT2D eigenvalue weighted by Crippen LogP contribution is -2.35. The second-order valence-electron chi connectivity index (χ2n) is 5.55. The molecule has 116 valence electrons. The number of sulfonamides is 1. The molecule has 0 aliphatic heterocycles. The molecular weight excluding hydrogens is 290 g/mol. The van der Waals surface area contributed by atoms with E-state index in [1.807, 2.05) is 19.9 Å². The van der Waals surface area contributed by atoms with E-state index in [0.29, 0.717) is 18.5 Å². The Hall–Kier alpha value is -1.56. The van der Waals surface area contributed by atoms with Gasteiger partial charge in [0.1, 0.15) is 0 Å². The van der Waals surface area contributed by atoms with Crippen molar-refractivity contribution in [1.29, 1.82) is 0 Å². The van der Waals surface area contributed by atoms with Gasteiger partial charge in [0.25, 0.3) is 0 Å². The van der Waals surface area contributed by atoms with E-state index in [-0.39, 0.29) is 0 Å². The van der Waals surface area contributed by atoms with Crippen LogP contribution in [0.25, 0.3) is 0 Å². The average molecular weight is 311 g/mol. The van der Waals surface area contributed by atoms with Gasteiger partial charge in [0.05, 0.1) is 18.3 Å². The van der Waals surface area contributed by atoms with Gasteiger partial charge in [0.2, 0.25) is 10.0 Å². The monoisotopic (exact) mass is 311 g/mol. The van der Waals surface area contributed by atoms with E-state index in [2.05, 4.69) is 4.72 Å². The summed E-state index contributed by atoms with van der Waals surface area (Å²) >= 11 is 0. The molecule has 0 spiro atoms. The molecule has 0 saturated heterocycles.